The summed E-state index contributed by atoms with van der Waals surface area (Å²) in [6.07, 6.45) is 3.54. The number of hydrogen-bond acceptors (Lipinski definition) is 4. The molecule has 0 aromatic heterocycles. The summed E-state index contributed by atoms with van der Waals surface area (Å²) in [4.78, 5) is 29.3. The number of rotatable bonds is 14. The van der Waals surface area contributed by atoms with Gasteiger partial charge in [-0.25, -0.2) is 8.42 Å². The number of anilines is 1. The van der Waals surface area contributed by atoms with Gasteiger partial charge in [0.05, 0.1) is 11.9 Å². The lowest BCUT2D eigenvalue weighted by Gasteiger charge is -2.34. The summed E-state index contributed by atoms with van der Waals surface area (Å²) in [6, 6.07) is 20.5. The standard InChI is InChI=1S/C31H37Cl2N3O4S/c1-4-6-19-34-31(38)29(20-23-13-8-7-9-14-23)35(21-25-26(32)16-12-17-27(25)33)30(37)22-36(41(3,39)40)28-18-11-10-15-24(28)5-2/h7-18,29H,4-6,19-22H2,1-3H3,(H,34,38). The van der Waals surface area contributed by atoms with E-state index in [4.69, 9.17) is 23.2 Å². The Kier molecular flexibility index (Phi) is 12.1. The Morgan fingerprint density at radius 3 is 2.15 bits per heavy atom. The SMILES string of the molecule is CCCCNC(=O)C(Cc1ccccc1)N(Cc1c(Cl)cccc1Cl)C(=O)CN(c1ccccc1CC)S(C)(=O)=O. The van der Waals surface area contributed by atoms with Crippen LogP contribution < -0.4 is 9.62 Å². The molecule has 3 aromatic rings. The second-order valence-corrected chi connectivity index (χ2v) is 12.5. The third kappa shape index (κ3) is 8.96. The van der Waals surface area contributed by atoms with Crippen LogP contribution in [0.5, 0.6) is 0 Å². The number of hydrogen-bond donors (Lipinski definition) is 1. The molecular formula is C31H37Cl2N3O4S. The number of amides is 2. The average molecular weight is 619 g/mol. The van der Waals surface area contributed by atoms with E-state index in [0.29, 0.717) is 34.3 Å². The van der Waals surface area contributed by atoms with Gasteiger partial charge in [-0.1, -0.05) is 98.1 Å². The van der Waals surface area contributed by atoms with E-state index in [1.54, 1.807) is 30.3 Å². The molecule has 0 saturated heterocycles. The summed E-state index contributed by atoms with van der Waals surface area (Å²) in [5, 5.41) is 3.65. The third-order valence-corrected chi connectivity index (χ3v) is 8.65. The van der Waals surface area contributed by atoms with Gasteiger partial charge in [0.15, 0.2) is 0 Å². The van der Waals surface area contributed by atoms with Gasteiger partial charge in [-0.15, -0.1) is 0 Å². The molecule has 10 heteroatoms. The number of carbonyl (C=O) groups excluding carboxylic acids is 2. The molecule has 1 atom stereocenters. The molecule has 0 spiro atoms. The van der Waals surface area contributed by atoms with Crippen molar-refractivity contribution in [3.8, 4) is 0 Å². The summed E-state index contributed by atoms with van der Waals surface area (Å²) in [6.45, 7) is 3.82. The van der Waals surface area contributed by atoms with Crippen molar-refractivity contribution in [2.45, 2.75) is 52.1 Å². The first kappa shape index (κ1) is 32.4. The van der Waals surface area contributed by atoms with E-state index in [-0.39, 0.29) is 18.9 Å². The third-order valence-electron chi connectivity index (χ3n) is 6.81. The van der Waals surface area contributed by atoms with Crippen LogP contribution in [0.2, 0.25) is 10.0 Å². The fourth-order valence-electron chi connectivity index (χ4n) is 4.56. The van der Waals surface area contributed by atoms with Crippen molar-refractivity contribution < 1.29 is 18.0 Å². The molecule has 0 aliphatic rings. The predicted molar refractivity (Wildman–Crippen MR) is 167 cm³/mol. The van der Waals surface area contributed by atoms with Crippen molar-refractivity contribution in [1.29, 1.82) is 0 Å². The molecule has 2 amide bonds. The molecule has 0 radical (unpaired) electrons. The van der Waals surface area contributed by atoms with Crippen molar-refractivity contribution in [3.63, 3.8) is 0 Å². The topological polar surface area (TPSA) is 86.8 Å². The molecular weight excluding hydrogens is 581 g/mol. The molecule has 3 rings (SSSR count). The summed E-state index contributed by atoms with van der Waals surface area (Å²) < 4.78 is 27.2. The van der Waals surface area contributed by atoms with Crippen LogP contribution in [0.4, 0.5) is 5.69 Å². The van der Waals surface area contributed by atoms with Crippen LogP contribution in [-0.4, -0.2) is 50.5 Å². The second kappa shape index (κ2) is 15.2. The minimum absolute atomic E-state index is 0.0803. The molecule has 0 saturated carbocycles. The Morgan fingerprint density at radius 1 is 0.902 bits per heavy atom. The first-order valence-electron chi connectivity index (χ1n) is 13.7. The summed E-state index contributed by atoms with van der Waals surface area (Å²) in [5.74, 6) is -0.886. The molecule has 1 N–H and O–H groups in total. The fraction of sp³-hybridized carbons (Fsp3) is 0.355. The Labute approximate surface area is 253 Å². The van der Waals surface area contributed by atoms with Crippen LogP contribution in [0.25, 0.3) is 0 Å². The van der Waals surface area contributed by atoms with Crippen LogP contribution in [0.1, 0.15) is 43.4 Å². The lowest BCUT2D eigenvalue weighted by atomic mass is 10.0. The van der Waals surface area contributed by atoms with E-state index in [0.717, 1.165) is 34.5 Å². The smallest absolute Gasteiger partial charge is 0.244 e. The minimum Gasteiger partial charge on any atom is -0.354 e. The lowest BCUT2D eigenvalue weighted by Crippen LogP contribution is -2.53. The van der Waals surface area contributed by atoms with Gasteiger partial charge in [-0.2, -0.15) is 0 Å². The van der Waals surface area contributed by atoms with E-state index >= 15 is 0 Å². The highest BCUT2D eigenvalue weighted by atomic mass is 35.5. The van der Waals surface area contributed by atoms with Gasteiger partial charge < -0.3 is 10.2 Å². The molecule has 0 fully saturated rings. The van der Waals surface area contributed by atoms with Crippen molar-refractivity contribution in [2.75, 3.05) is 23.7 Å². The average Bonchev–Trinajstić information content (AvgIpc) is 2.94. The van der Waals surface area contributed by atoms with E-state index in [2.05, 4.69) is 5.32 Å². The van der Waals surface area contributed by atoms with Gasteiger partial charge in [0.1, 0.15) is 12.6 Å². The Morgan fingerprint density at radius 2 is 1.54 bits per heavy atom. The number of nitrogens with zero attached hydrogens (tertiary/aromatic N) is 2. The number of benzene rings is 3. The van der Waals surface area contributed by atoms with E-state index in [1.165, 1.54) is 4.90 Å². The normalized spacial score (nSPS) is 12.0. The Bertz CT molecular complexity index is 1410. The van der Waals surface area contributed by atoms with Crippen LogP contribution >= 0.6 is 23.2 Å². The molecule has 220 valence electrons. The summed E-state index contributed by atoms with van der Waals surface area (Å²) in [5.41, 5.74) is 2.53. The number of unbranched alkanes of at least 4 members (excludes halogenated alkanes) is 1. The second-order valence-electron chi connectivity index (χ2n) is 9.82. The first-order valence-corrected chi connectivity index (χ1v) is 16.3. The molecule has 0 aliphatic heterocycles. The molecule has 0 aliphatic carbocycles. The number of sulfonamides is 1. The Balaban J connectivity index is 2.10. The van der Waals surface area contributed by atoms with Crippen LogP contribution in [0.15, 0.2) is 72.8 Å². The summed E-state index contributed by atoms with van der Waals surface area (Å²) in [7, 11) is -3.86. The maximum absolute atomic E-state index is 14.2. The van der Waals surface area contributed by atoms with Crippen LogP contribution in [-0.2, 0) is 39.0 Å². The number of para-hydroxylation sites is 1. The minimum atomic E-state index is -3.86. The highest BCUT2D eigenvalue weighted by molar-refractivity contribution is 7.92. The predicted octanol–water partition coefficient (Wildman–Crippen LogP) is 5.88. The summed E-state index contributed by atoms with van der Waals surface area (Å²) >= 11 is 13.0. The largest absolute Gasteiger partial charge is 0.354 e. The fourth-order valence-corrected chi connectivity index (χ4v) is 5.96. The first-order chi connectivity index (χ1) is 19.6. The molecule has 0 bridgehead atoms. The molecule has 41 heavy (non-hydrogen) atoms. The molecule has 3 aromatic carbocycles. The quantitative estimate of drug-likeness (QED) is 0.229. The van der Waals surface area contributed by atoms with Crippen molar-refractivity contribution in [3.05, 3.63) is 99.5 Å². The van der Waals surface area contributed by atoms with Crippen molar-refractivity contribution in [2.24, 2.45) is 0 Å². The van der Waals surface area contributed by atoms with Crippen LogP contribution in [0, 0.1) is 0 Å². The zero-order valence-electron chi connectivity index (χ0n) is 23.6. The highest BCUT2D eigenvalue weighted by Crippen LogP contribution is 2.28. The number of halogens is 2. The maximum Gasteiger partial charge on any atom is 0.244 e. The molecule has 0 heterocycles. The zero-order chi connectivity index (χ0) is 30.0. The zero-order valence-corrected chi connectivity index (χ0v) is 26.0. The molecule has 1 unspecified atom stereocenters. The lowest BCUT2D eigenvalue weighted by molar-refractivity contribution is -0.140. The van der Waals surface area contributed by atoms with Gasteiger partial charge in [0, 0.05) is 35.1 Å². The van der Waals surface area contributed by atoms with Gasteiger partial charge in [0.25, 0.3) is 0 Å². The van der Waals surface area contributed by atoms with Gasteiger partial charge >= 0.3 is 0 Å². The number of aryl methyl sites for hydroxylation is 1. The van der Waals surface area contributed by atoms with Gasteiger partial charge in [0.2, 0.25) is 21.8 Å². The van der Waals surface area contributed by atoms with E-state index in [9.17, 15) is 18.0 Å². The van der Waals surface area contributed by atoms with Crippen molar-refractivity contribution in [1.82, 2.24) is 10.2 Å². The molecule has 7 nitrogen and oxygen atoms in total. The monoisotopic (exact) mass is 617 g/mol. The maximum atomic E-state index is 14.2. The number of carbonyl (C=O) groups is 2. The highest BCUT2D eigenvalue weighted by Gasteiger charge is 2.34. The van der Waals surface area contributed by atoms with Gasteiger partial charge in [-0.3, -0.25) is 13.9 Å². The Hall–Kier alpha value is -3.07. The van der Waals surface area contributed by atoms with Gasteiger partial charge in [-0.05, 0) is 42.2 Å². The number of nitrogens with one attached hydrogen (secondary N) is 1. The van der Waals surface area contributed by atoms with E-state index < -0.39 is 28.5 Å². The van der Waals surface area contributed by atoms with E-state index in [1.807, 2.05) is 56.3 Å². The van der Waals surface area contributed by atoms with Crippen molar-refractivity contribution >= 4 is 50.7 Å². The van der Waals surface area contributed by atoms with Crippen LogP contribution in [0.3, 0.4) is 0 Å².